The SMILES string of the molecule is Cc1ccc2nc(NC(=O)CSc3nc4ccccc4c(=O)[nH]3)sc2c1. The molecular formula is C18H14N4O2S2. The van der Waals surface area contributed by atoms with Gasteiger partial charge in [0.2, 0.25) is 5.91 Å². The van der Waals surface area contributed by atoms with E-state index in [1.165, 1.54) is 23.1 Å². The molecule has 4 aromatic rings. The lowest BCUT2D eigenvalue weighted by Gasteiger charge is -2.03. The lowest BCUT2D eigenvalue weighted by atomic mass is 10.2. The fourth-order valence-corrected chi connectivity index (χ4v) is 4.16. The third-order valence-corrected chi connectivity index (χ3v) is 5.53. The van der Waals surface area contributed by atoms with Gasteiger partial charge in [-0.2, -0.15) is 0 Å². The first-order valence-corrected chi connectivity index (χ1v) is 9.67. The summed E-state index contributed by atoms with van der Waals surface area (Å²) in [5, 5.41) is 4.32. The second kappa shape index (κ2) is 6.89. The van der Waals surface area contributed by atoms with Crippen molar-refractivity contribution in [2.75, 3.05) is 11.1 Å². The summed E-state index contributed by atoms with van der Waals surface area (Å²) in [6.07, 6.45) is 0. The highest BCUT2D eigenvalue weighted by molar-refractivity contribution is 7.99. The lowest BCUT2D eigenvalue weighted by Crippen LogP contribution is -2.15. The van der Waals surface area contributed by atoms with Crippen molar-refractivity contribution >= 4 is 55.3 Å². The number of aromatic amines is 1. The molecule has 0 bridgehead atoms. The van der Waals surface area contributed by atoms with Crippen molar-refractivity contribution in [1.82, 2.24) is 15.0 Å². The standard InChI is InChI=1S/C18H14N4O2S2/c1-10-6-7-13-14(8-10)26-18(20-13)21-15(23)9-25-17-19-12-5-3-2-4-11(12)16(24)22-17/h2-8H,9H2,1H3,(H,19,22,24)(H,20,21,23). The normalized spacial score (nSPS) is 11.1. The number of aromatic nitrogens is 3. The summed E-state index contributed by atoms with van der Waals surface area (Å²) in [6, 6.07) is 13.1. The summed E-state index contributed by atoms with van der Waals surface area (Å²) >= 11 is 2.62. The number of aryl methyl sites for hydroxylation is 1. The zero-order valence-corrected chi connectivity index (χ0v) is 15.4. The zero-order chi connectivity index (χ0) is 18.1. The van der Waals surface area contributed by atoms with Gasteiger partial charge in [-0.15, -0.1) is 0 Å². The van der Waals surface area contributed by atoms with Crippen LogP contribution in [0.4, 0.5) is 5.13 Å². The number of thiazole rings is 1. The van der Waals surface area contributed by atoms with Gasteiger partial charge in [0, 0.05) is 0 Å². The number of hydrogen-bond donors (Lipinski definition) is 2. The van der Waals surface area contributed by atoms with E-state index in [-0.39, 0.29) is 17.2 Å². The van der Waals surface area contributed by atoms with Crippen LogP contribution < -0.4 is 10.9 Å². The van der Waals surface area contributed by atoms with E-state index < -0.39 is 0 Å². The van der Waals surface area contributed by atoms with Crippen LogP contribution in [-0.2, 0) is 4.79 Å². The van der Waals surface area contributed by atoms with Gasteiger partial charge in [0.15, 0.2) is 10.3 Å². The van der Waals surface area contributed by atoms with E-state index in [0.717, 1.165) is 15.8 Å². The lowest BCUT2D eigenvalue weighted by molar-refractivity contribution is -0.113. The molecule has 0 unspecified atom stereocenters. The van der Waals surface area contributed by atoms with E-state index in [1.54, 1.807) is 18.2 Å². The quantitative estimate of drug-likeness (QED) is 0.416. The molecular weight excluding hydrogens is 368 g/mol. The van der Waals surface area contributed by atoms with Crippen LogP contribution in [-0.4, -0.2) is 26.6 Å². The maximum atomic E-state index is 12.2. The number of nitrogens with one attached hydrogen (secondary N) is 2. The molecule has 8 heteroatoms. The second-order valence-electron chi connectivity index (χ2n) is 5.72. The number of carbonyl (C=O) groups excluding carboxylic acids is 1. The largest absolute Gasteiger partial charge is 0.301 e. The minimum absolute atomic E-state index is 0.135. The molecule has 2 aromatic heterocycles. The van der Waals surface area contributed by atoms with Gasteiger partial charge in [-0.05, 0) is 36.8 Å². The van der Waals surface area contributed by atoms with E-state index in [9.17, 15) is 9.59 Å². The van der Waals surface area contributed by atoms with E-state index in [4.69, 9.17) is 0 Å². The van der Waals surface area contributed by atoms with Crippen molar-refractivity contribution in [1.29, 1.82) is 0 Å². The van der Waals surface area contributed by atoms with Gasteiger partial charge in [-0.1, -0.05) is 41.3 Å². The highest BCUT2D eigenvalue weighted by Crippen LogP contribution is 2.27. The van der Waals surface area contributed by atoms with Crippen LogP contribution in [0.1, 0.15) is 5.56 Å². The summed E-state index contributed by atoms with van der Waals surface area (Å²) in [7, 11) is 0. The molecule has 0 saturated heterocycles. The number of fused-ring (bicyclic) bond motifs is 2. The molecule has 2 aromatic carbocycles. The smallest absolute Gasteiger partial charge is 0.259 e. The fraction of sp³-hybridized carbons (Fsp3) is 0.111. The first-order valence-electron chi connectivity index (χ1n) is 7.87. The topological polar surface area (TPSA) is 87.7 Å². The minimum Gasteiger partial charge on any atom is -0.301 e. The van der Waals surface area contributed by atoms with Crippen LogP contribution in [0.15, 0.2) is 52.4 Å². The molecule has 0 aliphatic carbocycles. The van der Waals surface area contributed by atoms with Crippen molar-refractivity contribution in [3.8, 4) is 0 Å². The van der Waals surface area contributed by atoms with E-state index >= 15 is 0 Å². The average molecular weight is 382 g/mol. The Hall–Kier alpha value is -2.71. The average Bonchev–Trinajstić information content (AvgIpc) is 3.01. The number of hydrogen-bond acceptors (Lipinski definition) is 6. The fourth-order valence-electron chi connectivity index (χ4n) is 2.51. The number of nitrogens with zero attached hydrogens (tertiary/aromatic N) is 2. The van der Waals surface area contributed by atoms with Crippen LogP contribution in [0, 0.1) is 6.92 Å². The Morgan fingerprint density at radius 2 is 2.04 bits per heavy atom. The molecule has 130 valence electrons. The number of anilines is 1. The molecule has 2 heterocycles. The zero-order valence-electron chi connectivity index (χ0n) is 13.8. The van der Waals surface area contributed by atoms with E-state index in [2.05, 4.69) is 20.3 Å². The molecule has 0 radical (unpaired) electrons. The Bertz CT molecular complexity index is 1180. The number of amides is 1. The summed E-state index contributed by atoms with van der Waals surface area (Å²) in [5.41, 5.74) is 2.42. The maximum Gasteiger partial charge on any atom is 0.259 e. The highest BCUT2D eigenvalue weighted by atomic mass is 32.2. The van der Waals surface area contributed by atoms with Crippen LogP contribution in [0.25, 0.3) is 21.1 Å². The van der Waals surface area contributed by atoms with E-state index in [1.807, 2.05) is 31.2 Å². The van der Waals surface area contributed by atoms with Gasteiger partial charge in [0.1, 0.15) is 0 Å². The van der Waals surface area contributed by atoms with Gasteiger partial charge < -0.3 is 10.3 Å². The molecule has 0 aliphatic heterocycles. The first kappa shape index (κ1) is 16.7. The maximum absolute atomic E-state index is 12.2. The Morgan fingerprint density at radius 3 is 2.92 bits per heavy atom. The molecule has 1 amide bonds. The van der Waals surface area contributed by atoms with Gasteiger partial charge in [-0.3, -0.25) is 9.59 Å². The van der Waals surface area contributed by atoms with Crippen molar-refractivity contribution in [2.45, 2.75) is 12.1 Å². The van der Waals surface area contributed by atoms with Crippen molar-refractivity contribution in [2.24, 2.45) is 0 Å². The van der Waals surface area contributed by atoms with Crippen LogP contribution >= 0.6 is 23.1 Å². The summed E-state index contributed by atoms with van der Waals surface area (Å²) in [4.78, 5) is 35.7. The number of carbonyl (C=O) groups is 1. The summed E-state index contributed by atoms with van der Waals surface area (Å²) in [6.45, 7) is 2.02. The Labute approximate surface area is 156 Å². The molecule has 0 saturated carbocycles. The third-order valence-electron chi connectivity index (χ3n) is 3.72. The van der Waals surface area contributed by atoms with Crippen LogP contribution in [0.3, 0.4) is 0 Å². The predicted molar refractivity (Wildman–Crippen MR) is 106 cm³/mol. The molecule has 0 atom stereocenters. The number of para-hydroxylation sites is 1. The Morgan fingerprint density at radius 1 is 1.19 bits per heavy atom. The van der Waals surface area contributed by atoms with Gasteiger partial charge in [0.25, 0.3) is 5.56 Å². The van der Waals surface area contributed by atoms with Gasteiger partial charge in [0.05, 0.1) is 26.9 Å². The summed E-state index contributed by atoms with van der Waals surface area (Å²) < 4.78 is 1.04. The molecule has 6 nitrogen and oxygen atoms in total. The molecule has 0 aliphatic rings. The van der Waals surface area contributed by atoms with E-state index in [0.29, 0.717) is 21.2 Å². The Balaban J connectivity index is 1.45. The van der Waals surface area contributed by atoms with Crippen molar-refractivity contribution in [3.05, 3.63) is 58.4 Å². The van der Waals surface area contributed by atoms with Crippen LogP contribution in [0.2, 0.25) is 0 Å². The number of H-pyrrole nitrogens is 1. The van der Waals surface area contributed by atoms with Crippen molar-refractivity contribution < 1.29 is 4.79 Å². The van der Waals surface area contributed by atoms with Gasteiger partial charge >= 0.3 is 0 Å². The molecule has 0 fully saturated rings. The molecule has 2 N–H and O–H groups in total. The Kier molecular flexibility index (Phi) is 4.44. The highest BCUT2D eigenvalue weighted by Gasteiger charge is 2.10. The number of rotatable bonds is 4. The molecule has 0 spiro atoms. The summed E-state index contributed by atoms with van der Waals surface area (Å²) in [5.74, 6) is -0.0578. The monoisotopic (exact) mass is 382 g/mol. The van der Waals surface area contributed by atoms with Crippen molar-refractivity contribution in [3.63, 3.8) is 0 Å². The first-order chi connectivity index (χ1) is 12.6. The third kappa shape index (κ3) is 3.47. The molecule has 4 rings (SSSR count). The van der Waals surface area contributed by atoms with Crippen LogP contribution in [0.5, 0.6) is 0 Å². The number of thioether (sulfide) groups is 1. The predicted octanol–water partition coefficient (Wildman–Crippen LogP) is 3.57. The second-order valence-corrected chi connectivity index (χ2v) is 7.71. The van der Waals surface area contributed by atoms with Gasteiger partial charge in [-0.25, -0.2) is 9.97 Å². The molecule has 26 heavy (non-hydrogen) atoms. The minimum atomic E-state index is -0.208. The number of benzene rings is 2.